The molecular formula is C23H18F3N3O3. The number of rotatable bonds is 6. The number of nitrogens with one attached hydrogen (secondary N) is 1. The highest BCUT2D eigenvalue weighted by molar-refractivity contribution is 6.16. The van der Waals surface area contributed by atoms with Crippen LogP contribution in [0.25, 0.3) is 0 Å². The number of benzene rings is 2. The molecular weight excluding hydrogens is 423 g/mol. The molecule has 1 N–H and O–H groups in total. The van der Waals surface area contributed by atoms with Crippen molar-refractivity contribution in [3.63, 3.8) is 0 Å². The lowest BCUT2D eigenvalue weighted by Crippen LogP contribution is -2.63. The van der Waals surface area contributed by atoms with Crippen LogP contribution in [0.1, 0.15) is 16.9 Å². The molecule has 1 aliphatic rings. The summed E-state index contributed by atoms with van der Waals surface area (Å²) in [7, 11) is 0. The third-order valence-electron chi connectivity index (χ3n) is 4.95. The van der Waals surface area contributed by atoms with Crippen molar-refractivity contribution >= 4 is 17.6 Å². The van der Waals surface area contributed by atoms with E-state index in [4.69, 9.17) is 4.42 Å². The first-order valence-electron chi connectivity index (χ1n) is 9.71. The quantitative estimate of drug-likeness (QED) is 0.634. The van der Waals surface area contributed by atoms with Crippen molar-refractivity contribution < 1.29 is 27.2 Å². The van der Waals surface area contributed by atoms with Gasteiger partial charge in [0.05, 0.1) is 19.2 Å². The van der Waals surface area contributed by atoms with Crippen molar-refractivity contribution in [2.24, 2.45) is 4.99 Å². The smallest absolute Gasteiger partial charge is 0.442 e. The third kappa shape index (κ3) is 4.01. The van der Waals surface area contributed by atoms with Gasteiger partial charge in [0, 0.05) is 5.56 Å². The molecule has 2 amide bonds. The van der Waals surface area contributed by atoms with Crippen LogP contribution < -0.4 is 5.32 Å². The highest BCUT2D eigenvalue weighted by Gasteiger charge is 2.67. The summed E-state index contributed by atoms with van der Waals surface area (Å²) in [6.07, 6.45) is -4.15. The number of amides is 2. The molecule has 4 rings (SSSR count). The van der Waals surface area contributed by atoms with Gasteiger partial charge >= 0.3 is 11.8 Å². The summed E-state index contributed by atoms with van der Waals surface area (Å²) in [6.45, 7) is -0.272. The maximum Gasteiger partial charge on any atom is 0.442 e. The van der Waals surface area contributed by atoms with E-state index >= 15 is 0 Å². The van der Waals surface area contributed by atoms with Crippen molar-refractivity contribution in [3.8, 4) is 0 Å². The Labute approximate surface area is 181 Å². The molecule has 0 radical (unpaired) electrons. The van der Waals surface area contributed by atoms with Crippen molar-refractivity contribution in [1.29, 1.82) is 0 Å². The van der Waals surface area contributed by atoms with Gasteiger partial charge in [-0.05, 0) is 17.7 Å². The Kier molecular flexibility index (Phi) is 5.56. The van der Waals surface area contributed by atoms with Gasteiger partial charge in [-0.1, -0.05) is 60.7 Å². The molecule has 6 nitrogen and oxygen atoms in total. The summed E-state index contributed by atoms with van der Waals surface area (Å²) >= 11 is 0. The number of hydrogen-bond donors (Lipinski definition) is 1. The Hall–Kier alpha value is -3.88. The molecule has 0 saturated heterocycles. The molecule has 1 aromatic heterocycles. The van der Waals surface area contributed by atoms with Crippen LogP contribution in [0.5, 0.6) is 0 Å². The number of halogens is 3. The molecule has 0 bridgehead atoms. The second kappa shape index (κ2) is 8.33. The van der Waals surface area contributed by atoms with Crippen molar-refractivity contribution in [2.45, 2.75) is 24.8 Å². The van der Waals surface area contributed by atoms with Crippen LogP contribution in [0.15, 0.2) is 88.5 Å². The average molecular weight is 441 g/mol. The normalized spacial score (nSPS) is 18.5. The Morgan fingerprint density at radius 2 is 1.66 bits per heavy atom. The summed E-state index contributed by atoms with van der Waals surface area (Å²) in [5, 5.41) is 1.87. The number of furan rings is 1. The number of carbonyl (C=O) groups excluding carboxylic acids is 2. The zero-order valence-electron chi connectivity index (χ0n) is 16.7. The van der Waals surface area contributed by atoms with E-state index in [0.717, 1.165) is 4.90 Å². The number of alkyl halides is 3. The van der Waals surface area contributed by atoms with Crippen molar-refractivity contribution in [1.82, 2.24) is 10.2 Å². The zero-order chi connectivity index (χ0) is 22.8. The maximum absolute atomic E-state index is 14.3. The molecule has 0 fully saturated rings. The fraction of sp³-hybridized carbons (Fsp3) is 0.174. The van der Waals surface area contributed by atoms with Gasteiger partial charge in [0.15, 0.2) is 0 Å². The molecule has 1 aliphatic heterocycles. The van der Waals surface area contributed by atoms with Gasteiger partial charge in [-0.3, -0.25) is 14.5 Å². The molecule has 2 aromatic carbocycles. The highest BCUT2D eigenvalue weighted by Crippen LogP contribution is 2.39. The monoisotopic (exact) mass is 441 g/mol. The molecule has 32 heavy (non-hydrogen) atoms. The topological polar surface area (TPSA) is 74.9 Å². The molecule has 164 valence electrons. The summed E-state index contributed by atoms with van der Waals surface area (Å²) in [5.74, 6) is -2.31. The lowest BCUT2D eigenvalue weighted by Gasteiger charge is -2.29. The van der Waals surface area contributed by atoms with Gasteiger partial charge < -0.3 is 9.73 Å². The lowest BCUT2D eigenvalue weighted by atomic mass is 10.1. The Balaban J connectivity index is 1.74. The standard InChI is InChI=1S/C23H18F3N3O3/c24-23(25,26)22(27-19(30)14-16-8-3-1-4-9-16)21(31)29(15-18-12-7-13-32-18)20(28-22)17-10-5-2-6-11-17/h1-13H,14-15H2,(H,27,30). The molecule has 1 atom stereocenters. The second-order valence-corrected chi connectivity index (χ2v) is 7.19. The SMILES string of the molecule is O=C(Cc1ccccc1)NC1(C(F)(F)F)N=C(c2ccccc2)N(Cc2ccco2)C1=O. The van der Waals surface area contributed by atoms with E-state index in [-0.39, 0.29) is 24.6 Å². The fourth-order valence-electron chi connectivity index (χ4n) is 3.44. The average Bonchev–Trinajstić information content (AvgIpc) is 3.37. The minimum Gasteiger partial charge on any atom is -0.467 e. The van der Waals surface area contributed by atoms with Crippen molar-refractivity contribution in [3.05, 3.63) is 95.9 Å². The third-order valence-corrected chi connectivity index (χ3v) is 4.95. The minimum absolute atomic E-state index is 0.204. The van der Waals surface area contributed by atoms with Crippen LogP contribution in [0, 0.1) is 0 Å². The molecule has 0 saturated carbocycles. The lowest BCUT2D eigenvalue weighted by molar-refractivity contribution is -0.200. The Morgan fingerprint density at radius 1 is 1.00 bits per heavy atom. The van der Waals surface area contributed by atoms with Gasteiger partial charge in [0.1, 0.15) is 11.6 Å². The summed E-state index contributed by atoms with van der Waals surface area (Å²) < 4.78 is 48.2. The van der Waals surface area contributed by atoms with Crippen LogP contribution in [0.4, 0.5) is 13.2 Å². The van der Waals surface area contributed by atoms with Crippen molar-refractivity contribution in [2.75, 3.05) is 0 Å². The predicted molar refractivity (Wildman–Crippen MR) is 109 cm³/mol. The predicted octanol–water partition coefficient (Wildman–Crippen LogP) is 3.69. The van der Waals surface area contributed by atoms with Gasteiger partial charge in [-0.15, -0.1) is 0 Å². The minimum atomic E-state index is -5.17. The molecule has 2 heterocycles. The fourth-order valence-corrected chi connectivity index (χ4v) is 3.44. The molecule has 0 aliphatic carbocycles. The summed E-state index contributed by atoms with van der Waals surface area (Å²) in [5.41, 5.74) is -2.63. The van der Waals surface area contributed by atoms with Gasteiger partial charge in [-0.25, -0.2) is 4.99 Å². The number of amidine groups is 1. The number of carbonyl (C=O) groups is 2. The van der Waals surface area contributed by atoms with E-state index in [1.54, 1.807) is 66.7 Å². The summed E-state index contributed by atoms with van der Waals surface area (Å²) in [6, 6.07) is 19.4. The molecule has 9 heteroatoms. The van der Waals surface area contributed by atoms with Gasteiger partial charge in [0.2, 0.25) is 5.91 Å². The van der Waals surface area contributed by atoms with E-state index < -0.39 is 23.7 Å². The van der Waals surface area contributed by atoms with Crippen LogP contribution in [0.2, 0.25) is 0 Å². The van der Waals surface area contributed by atoms with Crippen LogP contribution >= 0.6 is 0 Å². The first kappa shape index (κ1) is 21.4. The molecule has 0 spiro atoms. The first-order chi connectivity index (χ1) is 15.3. The van der Waals surface area contributed by atoms with E-state index in [1.165, 1.54) is 12.3 Å². The van der Waals surface area contributed by atoms with E-state index in [1.807, 2.05) is 5.32 Å². The van der Waals surface area contributed by atoms with Gasteiger partial charge in [0.25, 0.3) is 5.91 Å². The van der Waals surface area contributed by atoms with Crippen LogP contribution in [-0.4, -0.2) is 34.4 Å². The molecule has 1 unspecified atom stereocenters. The van der Waals surface area contributed by atoms with E-state index in [0.29, 0.717) is 11.1 Å². The Morgan fingerprint density at radius 3 is 2.25 bits per heavy atom. The first-order valence-corrected chi connectivity index (χ1v) is 9.71. The van der Waals surface area contributed by atoms with Gasteiger partial charge in [-0.2, -0.15) is 13.2 Å². The zero-order valence-corrected chi connectivity index (χ0v) is 16.7. The van der Waals surface area contributed by atoms with E-state index in [9.17, 15) is 22.8 Å². The largest absolute Gasteiger partial charge is 0.467 e. The number of hydrogen-bond acceptors (Lipinski definition) is 4. The number of aliphatic imine (C=N–C) groups is 1. The van der Waals surface area contributed by atoms with E-state index in [2.05, 4.69) is 4.99 Å². The highest BCUT2D eigenvalue weighted by atomic mass is 19.4. The number of nitrogens with zero attached hydrogens (tertiary/aromatic N) is 2. The van der Waals surface area contributed by atoms with Crippen LogP contribution in [0.3, 0.4) is 0 Å². The van der Waals surface area contributed by atoms with Crippen LogP contribution in [-0.2, 0) is 22.6 Å². The molecule has 3 aromatic rings. The second-order valence-electron chi connectivity index (χ2n) is 7.19. The maximum atomic E-state index is 14.3. The Bertz CT molecular complexity index is 1130. The summed E-state index contributed by atoms with van der Waals surface area (Å²) in [4.78, 5) is 30.4.